The molecule has 1 aromatic heterocycles. The molecule has 0 saturated heterocycles. The lowest BCUT2D eigenvalue weighted by Gasteiger charge is -2.08. The van der Waals surface area contributed by atoms with Crippen LogP contribution in [0.15, 0.2) is 34.9 Å². The molecule has 0 aliphatic heterocycles. The number of anilines is 2. The van der Waals surface area contributed by atoms with E-state index in [1.807, 2.05) is 12.1 Å². The summed E-state index contributed by atoms with van der Waals surface area (Å²) in [5.41, 5.74) is 7.72. The van der Waals surface area contributed by atoms with E-state index in [1.165, 1.54) is 5.56 Å². The Kier molecular flexibility index (Phi) is 5.31. The molecule has 0 radical (unpaired) electrons. The molecule has 1 aromatic carbocycles. The van der Waals surface area contributed by atoms with Gasteiger partial charge >= 0.3 is 0 Å². The van der Waals surface area contributed by atoms with E-state index in [2.05, 4.69) is 43.3 Å². The van der Waals surface area contributed by atoms with E-state index < -0.39 is 0 Å². The van der Waals surface area contributed by atoms with Gasteiger partial charge < -0.3 is 15.8 Å². The molecule has 2 rings (SSSR count). The molecule has 20 heavy (non-hydrogen) atoms. The minimum atomic E-state index is 0.501. The molecular weight excluding hydrogens is 320 g/mol. The Labute approximate surface area is 126 Å². The number of benzene rings is 1. The Balaban J connectivity index is 2.13. The Hall–Kier alpha value is -1.66. The standard InChI is InChI=1S/C14H17BrN4O/c1-20-13-12(15)9-17-14(19-13)18-11-6-2-4-10(8-11)5-3-7-16/h2,4,6,8-9H,3,5,7,16H2,1H3,(H,17,18,19). The number of ether oxygens (including phenoxy) is 1. The average molecular weight is 337 g/mol. The highest BCUT2D eigenvalue weighted by Crippen LogP contribution is 2.23. The molecule has 1 heterocycles. The highest BCUT2D eigenvalue weighted by Gasteiger charge is 2.05. The van der Waals surface area contributed by atoms with E-state index in [0.29, 0.717) is 18.4 Å². The predicted molar refractivity (Wildman–Crippen MR) is 83.4 cm³/mol. The van der Waals surface area contributed by atoms with Gasteiger partial charge in [-0.15, -0.1) is 0 Å². The van der Waals surface area contributed by atoms with E-state index in [4.69, 9.17) is 10.5 Å². The van der Waals surface area contributed by atoms with Gasteiger partial charge in [-0.1, -0.05) is 12.1 Å². The van der Waals surface area contributed by atoms with Gasteiger partial charge in [0.1, 0.15) is 0 Å². The third kappa shape index (κ3) is 3.91. The summed E-state index contributed by atoms with van der Waals surface area (Å²) in [4.78, 5) is 8.47. The molecule has 0 unspecified atom stereocenters. The maximum atomic E-state index is 5.53. The van der Waals surface area contributed by atoms with Crippen molar-refractivity contribution in [3.8, 4) is 5.88 Å². The molecule has 0 amide bonds. The van der Waals surface area contributed by atoms with Crippen molar-refractivity contribution in [3.63, 3.8) is 0 Å². The highest BCUT2D eigenvalue weighted by atomic mass is 79.9. The van der Waals surface area contributed by atoms with Crippen molar-refractivity contribution in [1.82, 2.24) is 9.97 Å². The molecule has 3 N–H and O–H groups in total. The quantitative estimate of drug-likeness (QED) is 0.848. The molecule has 2 aromatic rings. The van der Waals surface area contributed by atoms with Gasteiger partial charge in [0.15, 0.2) is 0 Å². The van der Waals surface area contributed by atoms with E-state index in [9.17, 15) is 0 Å². The number of aromatic nitrogens is 2. The Morgan fingerprint density at radius 3 is 3.00 bits per heavy atom. The summed E-state index contributed by atoms with van der Waals surface area (Å²) in [5, 5.41) is 3.17. The molecule has 5 nitrogen and oxygen atoms in total. The zero-order valence-corrected chi connectivity index (χ0v) is 12.9. The first kappa shape index (κ1) is 14.7. The number of hydrogen-bond acceptors (Lipinski definition) is 5. The number of aryl methyl sites for hydroxylation is 1. The molecular formula is C14H17BrN4O. The van der Waals surface area contributed by atoms with Crippen molar-refractivity contribution >= 4 is 27.6 Å². The Morgan fingerprint density at radius 2 is 2.25 bits per heavy atom. The van der Waals surface area contributed by atoms with Crippen LogP contribution in [0, 0.1) is 0 Å². The van der Waals surface area contributed by atoms with Gasteiger partial charge in [-0.2, -0.15) is 4.98 Å². The first-order chi connectivity index (χ1) is 9.72. The molecule has 0 bridgehead atoms. The topological polar surface area (TPSA) is 73.1 Å². The summed E-state index contributed by atoms with van der Waals surface area (Å²) in [5.74, 6) is 1.00. The Morgan fingerprint density at radius 1 is 1.40 bits per heavy atom. The monoisotopic (exact) mass is 336 g/mol. The van der Waals surface area contributed by atoms with Crippen molar-refractivity contribution in [1.29, 1.82) is 0 Å². The van der Waals surface area contributed by atoms with Crippen molar-refractivity contribution in [2.75, 3.05) is 19.0 Å². The zero-order chi connectivity index (χ0) is 14.4. The van der Waals surface area contributed by atoms with Crippen molar-refractivity contribution in [2.24, 2.45) is 5.73 Å². The van der Waals surface area contributed by atoms with E-state index in [1.54, 1.807) is 13.3 Å². The smallest absolute Gasteiger partial charge is 0.232 e. The van der Waals surface area contributed by atoms with Gasteiger partial charge in [-0.05, 0) is 53.0 Å². The first-order valence-electron chi connectivity index (χ1n) is 6.35. The number of nitrogens with two attached hydrogens (primary N) is 1. The third-order valence-corrected chi connectivity index (χ3v) is 3.30. The normalized spacial score (nSPS) is 10.3. The average Bonchev–Trinajstić information content (AvgIpc) is 2.47. The van der Waals surface area contributed by atoms with E-state index >= 15 is 0 Å². The second kappa shape index (κ2) is 7.21. The van der Waals surface area contributed by atoms with Crippen LogP contribution in [0.5, 0.6) is 5.88 Å². The van der Waals surface area contributed by atoms with Gasteiger partial charge in [0, 0.05) is 5.69 Å². The van der Waals surface area contributed by atoms with Crippen LogP contribution in [0.1, 0.15) is 12.0 Å². The molecule has 0 atom stereocenters. The molecule has 0 saturated carbocycles. The number of rotatable bonds is 6. The number of methoxy groups -OCH3 is 1. The maximum absolute atomic E-state index is 5.53. The molecule has 0 fully saturated rings. The Bertz CT molecular complexity index is 577. The third-order valence-electron chi connectivity index (χ3n) is 2.76. The summed E-state index contributed by atoms with van der Waals surface area (Å²) >= 11 is 3.33. The summed E-state index contributed by atoms with van der Waals surface area (Å²) in [6.07, 6.45) is 3.61. The van der Waals surface area contributed by atoms with Gasteiger partial charge in [0.25, 0.3) is 0 Å². The number of hydrogen-bond donors (Lipinski definition) is 2. The van der Waals surface area contributed by atoms with Crippen LogP contribution < -0.4 is 15.8 Å². The lowest BCUT2D eigenvalue weighted by Crippen LogP contribution is -2.02. The second-order valence-electron chi connectivity index (χ2n) is 4.27. The summed E-state index contributed by atoms with van der Waals surface area (Å²) in [6.45, 7) is 0.699. The highest BCUT2D eigenvalue weighted by molar-refractivity contribution is 9.10. The fraction of sp³-hybridized carbons (Fsp3) is 0.286. The van der Waals surface area contributed by atoms with E-state index in [0.717, 1.165) is 23.0 Å². The number of nitrogens with one attached hydrogen (secondary N) is 1. The van der Waals surface area contributed by atoms with Crippen molar-refractivity contribution in [2.45, 2.75) is 12.8 Å². The molecule has 0 spiro atoms. The molecule has 6 heteroatoms. The van der Waals surface area contributed by atoms with Crippen molar-refractivity contribution < 1.29 is 4.74 Å². The predicted octanol–water partition coefficient (Wildman–Crippen LogP) is 2.88. The minimum absolute atomic E-state index is 0.501. The van der Waals surface area contributed by atoms with Gasteiger partial charge in [0.05, 0.1) is 17.8 Å². The van der Waals surface area contributed by atoms with Gasteiger partial charge in [-0.3, -0.25) is 0 Å². The fourth-order valence-corrected chi connectivity index (χ4v) is 2.15. The van der Waals surface area contributed by atoms with Crippen LogP contribution >= 0.6 is 15.9 Å². The van der Waals surface area contributed by atoms with Crippen LogP contribution in [0.3, 0.4) is 0 Å². The summed E-state index contributed by atoms with van der Waals surface area (Å²) < 4.78 is 5.87. The molecule has 106 valence electrons. The molecule has 0 aliphatic rings. The lowest BCUT2D eigenvalue weighted by molar-refractivity contribution is 0.394. The zero-order valence-electron chi connectivity index (χ0n) is 11.3. The van der Waals surface area contributed by atoms with Crippen LogP contribution in [-0.4, -0.2) is 23.6 Å². The summed E-state index contributed by atoms with van der Waals surface area (Å²) in [7, 11) is 1.57. The first-order valence-corrected chi connectivity index (χ1v) is 7.15. The van der Waals surface area contributed by atoms with Crippen LogP contribution in [0.25, 0.3) is 0 Å². The second-order valence-corrected chi connectivity index (χ2v) is 5.12. The van der Waals surface area contributed by atoms with Crippen molar-refractivity contribution in [3.05, 3.63) is 40.5 Å². The van der Waals surface area contributed by atoms with E-state index in [-0.39, 0.29) is 0 Å². The number of halogens is 1. The maximum Gasteiger partial charge on any atom is 0.232 e. The SMILES string of the molecule is COc1nc(Nc2cccc(CCCN)c2)ncc1Br. The largest absolute Gasteiger partial charge is 0.480 e. The minimum Gasteiger partial charge on any atom is -0.480 e. The molecule has 0 aliphatic carbocycles. The fourth-order valence-electron chi connectivity index (χ4n) is 1.79. The van der Waals surface area contributed by atoms with Gasteiger partial charge in [-0.25, -0.2) is 4.98 Å². The lowest BCUT2D eigenvalue weighted by atomic mass is 10.1. The van der Waals surface area contributed by atoms with Gasteiger partial charge in [0.2, 0.25) is 11.8 Å². The van der Waals surface area contributed by atoms with Crippen LogP contribution in [0.4, 0.5) is 11.6 Å². The van der Waals surface area contributed by atoms with Crippen LogP contribution in [0.2, 0.25) is 0 Å². The van der Waals surface area contributed by atoms with Crippen LogP contribution in [-0.2, 0) is 6.42 Å². The summed E-state index contributed by atoms with van der Waals surface area (Å²) in [6, 6.07) is 8.14. The number of nitrogens with zero attached hydrogens (tertiary/aromatic N) is 2.